The lowest BCUT2D eigenvalue weighted by atomic mass is 9.87. The van der Waals surface area contributed by atoms with Crippen LogP contribution in [0.3, 0.4) is 0 Å². The summed E-state index contributed by atoms with van der Waals surface area (Å²) in [6.45, 7) is 8.48. The molecule has 1 unspecified atom stereocenters. The lowest BCUT2D eigenvalue weighted by molar-refractivity contribution is -0.291. The predicted octanol–water partition coefficient (Wildman–Crippen LogP) is 4.43. The number of rotatable bonds is 9. The summed E-state index contributed by atoms with van der Waals surface area (Å²) in [5.41, 5.74) is 0.300. The second-order valence-electron chi connectivity index (χ2n) is 11.8. The molecule has 1 atom stereocenters. The number of aliphatic hydroxyl groups excluding tert-OH is 1. The van der Waals surface area contributed by atoms with Crippen molar-refractivity contribution >= 4 is 35.8 Å². The molecule has 0 aromatic carbocycles. The summed E-state index contributed by atoms with van der Waals surface area (Å²) >= 11 is 0. The lowest BCUT2D eigenvalue weighted by Gasteiger charge is -2.46. The fourth-order valence-electron chi connectivity index (χ4n) is 5.24. The molecule has 0 aromatic rings. The molecule has 2 saturated heterocycles. The van der Waals surface area contributed by atoms with Gasteiger partial charge in [-0.2, -0.15) is 0 Å². The molecule has 2 spiro atoms. The minimum absolute atomic E-state index is 0.0475. The highest BCUT2D eigenvalue weighted by Gasteiger charge is 2.56. The van der Waals surface area contributed by atoms with E-state index in [0.717, 1.165) is 5.57 Å². The topological polar surface area (TPSA) is 187 Å². The quantitative estimate of drug-likeness (QED) is 0.118. The molecule has 3 fully saturated rings. The van der Waals surface area contributed by atoms with Crippen molar-refractivity contribution in [2.24, 2.45) is 0 Å². The average Bonchev–Trinajstić information content (AvgIpc) is 3.01. The average molecular weight is 683 g/mol. The van der Waals surface area contributed by atoms with E-state index in [4.69, 9.17) is 33.2 Å². The van der Waals surface area contributed by atoms with Crippen molar-refractivity contribution in [3.63, 3.8) is 0 Å². The van der Waals surface area contributed by atoms with Crippen LogP contribution in [0.25, 0.3) is 0 Å². The molecule has 1 N–H and O–H groups in total. The number of aliphatic hydroxyl groups is 1. The number of carbonyl (C=O) groups excluding carboxylic acids is 6. The molecular weight excluding hydrogens is 644 g/mol. The summed E-state index contributed by atoms with van der Waals surface area (Å²) in [6, 6.07) is 0. The second-order valence-corrected chi connectivity index (χ2v) is 11.8. The number of allylic oxidation sites excluding steroid dienone is 9. The monoisotopic (exact) mass is 682 g/mol. The van der Waals surface area contributed by atoms with E-state index in [1.807, 2.05) is 13.0 Å². The van der Waals surface area contributed by atoms with Gasteiger partial charge in [0.05, 0.1) is 13.0 Å². The van der Waals surface area contributed by atoms with Gasteiger partial charge in [0.15, 0.2) is 0 Å². The van der Waals surface area contributed by atoms with Gasteiger partial charge >= 0.3 is 35.8 Å². The number of cyclic esters (lactones) is 1. The van der Waals surface area contributed by atoms with Gasteiger partial charge < -0.3 is 38.3 Å². The third-order valence-electron chi connectivity index (χ3n) is 7.90. The zero-order valence-corrected chi connectivity index (χ0v) is 27.8. The van der Waals surface area contributed by atoms with Crippen molar-refractivity contribution in [3.05, 3.63) is 82.4 Å². The van der Waals surface area contributed by atoms with Crippen LogP contribution < -0.4 is 0 Å². The second kappa shape index (κ2) is 14.8. The summed E-state index contributed by atoms with van der Waals surface area (Å²) in [6.07, 6.45) is 11.2. The third kappa shape index (κ3) is 8.75. The maximum Gasteiger partial charge on any atom is 0.348 e. The molecule has 1 saturated carbocycles. The van der Waals surface area contributed by atoms with E-state index >= 15 is 0 Å². The highest BCUT2D eigenvalue weighted by molar-refractivity contribution is 6.16. The molecule has 0 aromatic heterocycles. The Morgan fingerprint density at radius 2 is 1.22 bits per heavy atom. The van der Waals surface area contributed by atoms with Crippen molar-refractivity contribution < 1.29 is 67.0 Å². The molecule has 14 nitrogen and oxygen atoms in total. The van der Waals surface area contributed by atoms with E-state index in [-0.39, 0.29) is 56.3 Å². The van der Waals surface area contributed by atoms with Crippen LogP contribution >= 0.6 is 0 Å². The maximum atomic E-state index is 12.9. The molecule has 1 aliphatic carbocycles. The van der Waals surface area contributed by atoms with Crippen molar-refractivity contribution in [3.8, 4) is 0 Å². The van der Waals surface area contributed by atoms with Crippen molar-refractivity contribution in [1.82, 2.24) is 0 Å². The summed E-state index contributed by atoms with van der Waals surface area (Å²) in [7, 11) is 0. The molecule has 0 radical (unpaired) electrons. The summed E-state index contributed by atoms with van der Waals surface area (Å²) in [4.78, 5) is 75.3. The van der Waals surface area contributed by atoms with E-state index in [1.54, 1.807) is 32.9 Å². The molecule has 0 amide bonds. The molecule has 4 aliphatic rings. The SMILES string of the molecule is C/C=C/C(C)=C/C=C1C(=O)OC2(CCC3(CC2)OC(=O)C(=CC=C(C)C=CC2=C(O)OC(C)(CCC(=O)OCC)OC2=O)C(=O)O3)OC1=O. The number of carbonyl (C=O) groups is 6. The molecule has 49 heavy (non-hydrogen) atoms. The molecule has 262 valence electrons. The minimum atomic E-state index is -1.63. The Morgan fingerprint density at radius 3 is 1.65 bits per heavy atom. The van der Waals surface area contributed by atoms with Gasteiger partial charge in [-0.1, -0.05) is 41.5 Å². The van der Waals surface area contributed by atoms with Gasteiger partial charge in [0.1, 0.15) is 16.7 Å². The zero-order chi connectivity index (χ0) is 36.0. The van der Waals surface area contributed by atoms with Gasteiger partial charge in [-0.15, -0.1) is 0 Å². The number of hydrogen-bond acceptors (Lipinski definition) is 14. The lowest BCUT2D eigenvalue weighted by Crippen LogP contribution is -2.56. The van der Waals surface area contributed by atoms with Crippen molar-refractivity contribution in [1.29, 1.82) is 0 Å². The van der Waals surface area contributed by atoms with E-state index in [9.17, 15) is 33.9 Å². The normalized spacial score (nSPS) is 27.9. The Balaban J connectivity index is 1.36. The summed E-state index contributed by atoms with van der Waals surface area (Å²) in [5, 5.41) is 10.3. The van der Waals surface area contributed by atoms with Gasteiger partial charge in [0, 0.05) is 39.0 Å². The number of esters is 6. The fourth-order valence-corrected chi connectivity index (χ4v) is 5.24. The van der Waals surface area contributed by atoms with Crippen LogP contribution in [0.1, 0.15) is 73.1 Å². The van der Waals surface area contributed by atoms with Gasteiger partial charge in [-0.3, -0.25) is 4.79 Å². The minimum Gasteiger partial charge on any atom is -0.480 e. The standard InChI is InChI=1S/C35H38O14/c1-6-8-21(3)9-12-24-29(39)46-34(47-30(24)40)17-19-35(20-18-34)48-31(41)25(32(42)49-35)14-11-22(4)10-13-23-27(37)44-33(5,45-28(23)38)16-15-26(36)43-7-2/h6,8-14,37H,7,15-20H2,1-5H3/b8-6+,13-10?,21-9+,22-11?,24-12?,25-14?. The van der Waals surface area contributed by atoms with Gasteiger partial charge in [0.2, 0.25) is 0 Å². The molecule has 3 heterocycles. The third-order valence-corrected chi connectivity index (χ3v) is 7.90. The van der Waals surface area contributed by atoms with Gasteiger partial charge in [0.25, 0.3) is 23.3 Å². The van der Waals surface area contributed by atoms with Crippen LogP contribution in [0.4, 0.5) is 0 Å². The zero-order valence-electron chi connectivity index (χ0n) is 27.8. The summed E-state index contributed by atoms with van der Waals surface area (Å²) < 4.78 is 37.6. The maximum absolute atomic E-state index is 12.9. The first-order valence-corrected chi connectivity index (χ1v) is 15.7. The Bertz CT molecular complexity index is 1600. The van der Waals surface area contributed by atoms with E-state index < -0.39 is 64.7 Å². The van der Waals surface area contributed by atoms with E-state index in [2.05, 4.69) is 0 Å². The molecule has 14 heteroatoms. The first-order valence-electron chi connectivity index (χ1n) is 15.7. The highest BCUT2D eigenvalue weighted by Crippen LogP contribution is 2.45. The molecule has 4 rings (SSSR count). The van der Waals surface area contributed by atoms with E-state index in [1.165, 1.54) is 37.3 Å². The van der Waals surface area contributed by atoms with Crippen molar-refractivity contribution in [2.45, 2.75) is 90.5 Å². The first kappa shape index (κ1) is 36.4. The van der Waals surface area contributed by atoms with Crippen molar-refractivity contribution in [2.75, 3.05) is 6.61 Å². The summed E-state index contributed by atoms with van der Waals surface area (Å²) in [5.74, 6) is -10.5. The number of hydrogen-bond donors (Lipinski definition) is 1. The Morgan fingerprint density at radius 1 is 0.755 bits per heavy atom. The number of ether oxygens (including phenoxy) is 7. The van der Waals surface area contributed by atoms with Gasteiger partial charge in [-0.25, -0.2) is 24.0 Å². The largest absolute Gasteiger partial charge is 0.480 e. The van der Waals surface area contributed by atoms with Crippen LogP contribution in [0, 0.1) is 0 Å². The fraction of sp³-hybridized carbons (Fsp3) is 0.429. The van der Waals surface area contributed by atoms with E-state index in [0.29, 0.717) is 5.57 Å². The van der Waals surface area contributed by atoms with Crippen LogP contribution in [-0.2, 0) is 61.9 Å². The highest BCUT2D eigenvalue weighted by atomic mass is 16.8. The van der Waals surface area contributed by atoms with Crippen LogP contribution in [0.15, 0.2) is 82.4 Å². The van der Waals surface area contributed by atoms with Crippen LogP contribution in [0.5, 0.6) is 0 Å². The Kier molecular flexibility index (Phi) is 11.0. The molecule has 0 bridgehead atoms. The smallest absolute Gasteiger partial charge is 0.348 e. The molecular formula is C35H38O14. The van der Waals surface area contributed by atoms with Crippen LogP contribution in [-0.4, -0.2) is 64.9 Å². The predicted molar refractivity (Wildman–Crippen MR) is 167 cm³/mol. The molecule has 3 aliphatic heterocycles. The van der Waals surface area contributed by atoms with Gasteiger partial charge in [-0.05, 0) is 45.9 Å². The Hall–Kier alpha value is -5.40. The van der Waals surface area contributed by atoms with Crippen LogP contribution in [0.2, 0.25) is 0 Å². The Labute approximate surface area is 282 Å². The first-order chi connectivity index (χ1) is 23.1.